The van der Waals surface area contributed by atoms with Gasteiger partial charge in [0.15, 0.2) is 5.82 Å². The molecule has 0 spiro atoms. The van der Waals surface area contributed by atoms with Crippen LogP contribution in [-0.4, -0.2) is 26.5 Å². The predicted molar refractivity (Wildman–Crippen MR) is 75.5 cm³/mol. The minimum Gasteiger partial charge on any atom is -0.369 e. The largest absolute Gasteiger partial charge is 0.369 e. The van der Waals surface area contributed by atoms with Crippen LogP contribution in [0.1, 0.15) is 0 Å². The van der Waals surface area contributed by atoms with Crippen LogP contribution in [0.3, 0.4) is 0 Å². The Morgan fingerprint density at radius 1 is 1.37 bits per heavy atom. The third-order valence-electron chi connectivity index (χ3n) is 2.18. The summed E-state index contributed by atoms with van der Waals surface area (Å²) in [6.45, 7) is 0. The lowest BCUT2D eigenvalue weighted by Crippen LogP contribution is -2.16. The fourth-order valence-corrected chi connectivity index (χ4v) is 2.45. The van der Waals surface area contributed by atoms with Crippen LogP contribution in [0.2, 0.25) is 10.0 Å². The highest BCUT2D eigenvalue weighted by Gasteiger charge is 2.15. The molecule has 0 radical (unpaired) electrons. The molecule has 0 fully saturated rings. The predicted octanol–water partition coefficient (Wildman–Crippen LogP) is 1.54. The summed E-state index contributed by atoms with van der Waals surface area (Å²) in [5.74, 6) is 5.85. The first kappa shape index (κ1) is 14.0. The lowest BCUT2D eigenvalue weighted by Gasteiger charge is -2.05. The third-order valence-corrected chi connectivity index (χ3v) is 3.69. The Morgan fingerprint density at radius 3 is 2.74 bits per heavy atom. The van der Waals surface area contributed by atoms with Crippen LogP contribution in [0.4, 0.5) is 0 Å². The van der Waals surface area contributed by atoms with E-state index in [1.165, 1.54) is 4.68 Å². The Bertz CT molecular complexity index is 630. The highest BCUT2D eigenvalue weighted by Crippen LogP contribution is 2.29. The summed E-state index contributed by atoms with van der Waals surface area (Å²) < 4.78 is 1.25. The van der Waals surface area contributed by atoms with Gasteiger partial charge in [-0.3, -0.25) is 4.79 Å². The van der Waals surface area contributed by atoms with E-state index in [2.05, 4.69) is 10.2 Å². The highest BCUT2D eigenvalue weighted by molar-refractivity contribution is 7.99. The van der Waals surface area contributed by atoms with Crippen molar-refractivity contribution in [3.63, 3.8) is 0 Å². The van der Waals surface area contributed by atoms with Gasteiger partial charge in [0.2, 0.25) is 11.1 Å². The van der Waals surface area contributed by atoms with E-state index in [4.69, 9.17) is 34.8 Å². The second-order valence-electron chi connectivity index (χ2n) is 3.56. The zero-order valence-corrected chi connectivity index (χ0v) is 11.8. The maximum atomic E-state index is 10.7. The molecule has 2 aromatic rings. The van der Waals surface area contributed by atoms with Gasteiger partial charge in [-0.15, -0.1) is 10.2 Å². The number of amides is 1. The van der Waals surface area contributed by atoms with E-state index in [-0.39, 0.29) is 5.75 Å². The standard InChI is InChI=1S/C10H9Cl2N5OS/c11-5-1-2-6(7(12)3-5)9-15-16-10(17(9)14)19-4-8(13)18/h1-3H,4,14H2,(H2,13,18). The van der Waals surface area contributed by atoms with E-state index in [0.29, 0.717) is 26.6 Å². The third kappa shape index (κ3) is 3.12. The molecule has 0 unspecified atom stereocenters. The van der Waals surface area contributed by atoms with Crippen LogP contribution in [0.25, 0.3) is 11.4 Å². The van der Waals surface area contributed by atoms with Gasteiger partial charge in [0.1, 0.15) is 0 Å². The molecule has 1 amide bonds. The Hall–Kier alpha value is -1.44. The number of nitrogen functional groups attached to an aromatic ring is 1. The lowest BCUT2D eigenvalue weighted by atomic mass is 10.2. The minimum atomic E-state index is -0.459. The quantitative estimate of drug-likeness (QED) is 0.658. The molecule has 6 nitrogen and oxygen atoms in total. The van der Waals surface area contributed by atoms with Crippen molar-refractivity contribution in [2.24, 2.45) is 5.73 Å². The monoisotopic (exact) mass is 317 g/mol. The molecule has 9 heteroatoms. The van der Waals surface area contributed by atoms with Gasteiger partial charge >= 0.3 is 0 Å². The molecule has 0 aliphatic heterocycles. The van der Waals surface area contributed by atoms with Gasteiger partial charge in [0.05, 0.1) is 10.8 Å². The number of rotatable bonds is 4. The molecule has 0 saturated carbocycles. The number of nitrogens with two attached hydrogens (primary N) is 2. The van der Waals surface area contributed by atoms with Crippen molar-refractivity contribution in [3.05, 3.63) is 28.2 Å². The van der Waals surface area contributed by atoms with Gasteiger partial charge in [-0.1, -0.05) is 35.0 Å². The second kappa shape index (κ2) is 5.68. The van der Waals surface area contributed by atoms with Crippen LogP contribution in [0.15, 0.2) is 23.4 Å². The molecular formula is C10H9Cl2N5OS. The molecular weight excluding hydrogens is 309 g/mol. The van der Waals surface area contributed by atoms with E-state index in [1.807, 2.05) is 0 Å². The molecule has 1 aromatic heterocycles. The van der Waals surface area contributed by atoms with Crippen molar-refractivity contribution in [1.29, 1.82) is 0 Å². The zero-order valence-electron chi connectivity index (χ0n) is 9.51. The summed E-state index contributed by atoms with van der Waals surface area (Å²) in [4.78, 5) is 10.7. The smallest absolute Gasteiger partial charge is 0.227 e. The Balaban J connectivity index is 2.33. The van der Waals surface area contributed by atoms with E-state index >= 15 is 0 Å². The minimum absolute atomic E-state index is 0.0731. The Labute approximate surface area is 123 Å². The van der Waals surface area contributed by atoms with Crippen molar-refractivity contribution in [3.8, 4) is 11.4 Å². The number of aromatic nitrogens is 3. The van der Waals surface area contributed by atoms with Crippen LogP contribution in [-0.2, 0) is 4.79 Å². The van der Waals surface area contributed by atoms with Crippen molar-refractivity contribution < 1.29 is 4.79 Å². The average Bonchev–Trinajstić information content (AvgIpc) is 2.68. The summed E-state index contributed by atoms with van der Waals surface area (Å²) in [6.07, 6.45) is 0. The number of carbonyl (C=O) groups is 1. The number of primary amides is 1. The number of hydrogen-bond acceptors (Lipinski definition) is 5. The maximum Gasteiger partial charge on any atom is 0.227 e. The molecule has 0 aliphatic carbocycles. The van der Waals surface area contributed by atoms with Crippen molar-refractivity contribution in [1.82, 2.24) is 14.9 Å². The molecule has 0 aliphatic rings. The fraction of sp³-hybridized carbons (Fsp3) is 0.100. The first-order chi connectivity index (χ1) is 8.99. The summed E-state index contributed by atoms with van der Waals surface area (Å²) in [7, 11) is 0. The number of thioether (sulfide) groups is 1. The van der Waals surface area contributed by atoms with Crippen molar-refractivity contribution in [2.45, 2.75) is 5.16 Å². The topological polar surface area (TPSA) is 99.8 Å². The summed E-state index contributed by atoms with van der Waals surface area (Å²) in [5.41, 5.74) is 5.66. The number of benzene rings is 1. The van der Waals surface area contributed by atoms with E-state index in [0.717, 1.165) is 11.8 Å². The van der Waals surface area contributed by atoms with Crippen molar-refractivity contribution >= 4 is 40.9 Å². The molecule has 1 aromatic carbocycles. The first-order valence-electron chi connectivity index (χ1n) is 5.06. The van der Waals surface area contributed by atoms with Gasteiger partial charge in [-0.2, -0.15) is 0 Å². The number of nitrogens with zero attached hydrogens (tertiary/aromatic N) is 3. The molecule has 0 atom stereocenters. The van der Waals surface area contributed by atoms with Crippen LogP contribution in [0, 0.1) is 0 Å². The number of hydrogen-bond donors (Lipinski definition) is 2. The van der Waals surface area contributed by atoms with E-state index in [1.54, 1.807) is 18.2 Å². The second-order valence-corrected chi connectivity index (χ2v) is 5.34. The van der Waals surface area contributed by atoms with Gasteiger partial charge in [0.25, 0.3) is 0 Å². The van der Waals surface area contributed by atoms with E-state index < -0.39 is 5.91 Å². The Morgan fingerprint density at radius 2 is 2.11 bits per heavy atom. The number of carbonyl (C=O) groups excluding carboxylic acids is 1. The molecule has 0 saturated heterocycles. The summed E-state index contributed by atoms with van der Waals surface area (Å²) in [5, 5.41) is 9.12. The highest BCUT2D eigenvalue weighted by atomic mass is 35.5. The lowest BCUT2D eigenvalue weighted by molar-refractivity contribution is -0.115. The van der Waals surface area contributed by atoms with Gasteiger partial charge < -0.3 is 11.6 Å². The number of halogens is 2. The zero-order chi connectivity index (χ0) is 14.0. The van der Waals surface area contributed by atoms with Gasteiger partial charge in [0, 0.05) is 10.6 Å². The fourth-order valence-electron chi connectivity index (χ4n) is 1.37. The summed E-state index contributed by atoms with van der Waals surface area (Å²) >= 11 is 13.0. The van der Waals surface area contributed by atoms with Crippen molar-refractivity contribution in [2.75, 3.05) is 11.6 Å². The Kier molecular flexibility index (Phi) is 4.18. The molecule has 100 valence electrons. The van der Waals surface area contributed by atoms with Gasteiger partial charge in [-0.05, 0) is 18.2 Å². The molecule has 0 bridgehead atoms. The maximum absolute atomic E-state index is 10.7. The SMILES string of the molecule is NC(=O)CSc1nnc(-c2ccc(Cl)cc2Cl)n1N. The normalized spacial score (nSPS) is 10.6. The molecule has 2 rings (SSSR count). The summed E-state index contributed by atoms with van der Waals surface area (Å²) in [6, 6.07) is 4.96. The van der Waals surface area contributed by atoms with Crippen LogP contribution >= 0.6 is 35.0 Å². The molecule has 1 heterocycles. The molecule has 4 N–H and O–H groups in total. The molecule has 19 heavy (non-hydrogen) atoms. The van der Waals surface area contributed by atoms with Gasteiger partial charge in [-0.25, -0.2) is 4.68 Å². The first-order valence-corrected chi connectivity index (χ1v) is 6.80. The van der Waals surface area contributed by atoms with Crippen LogP contribution in [0.5, 0.6) is 0 Å². The average molecular weight is 318 g/mol. The van der Waals surface area contributed by atoms with E-state index in [9.17, 15) is 4.79 Å². The van der Waals surface area contributed by atoms with Crippen LogP contribution < -0.4 is 11.6 Å².